The van der Waals surface area contributed by atoms with E-state index >= 15 is 0 Å². The number of carbonyl (C=O) groups is 1. The van der Waals surface area contributed by atoms with Gasteiger partial charge in [0.05, 0.1) is 17.8 Å². The van der Waals surface area contributed by atoms with E-state index in [0.29, 0.717) is 5.56 Å². The number of hydrogen-bond acceptors (Lipinski definition) is 2. The lowest BCUT2D eigenvalue weighted by molar-refractivity contribution is 0.0939. The van der Waals surface area contributed by atoms with E-state index in [1.165, 1.54) is 0 Å². The number of carbonyl (C=O) groups excluding carboxylic acids is 1. The van der Waals surface area contributed by atoms with Crippen LogP contribution in [0.1, 0.15) is 41.5 Å². The molecule has 1 heterocycles. The quantitative estimate of drug-likeness (QED) is 0.824. The van der Waals surface area contributed by atoms with Crippen LogP contribution in [0.5, 0.6) is 0 Å². The molecule has 1 aromatic heterocycles. The minimum atomic E-state index is -0.0567. The average molecular weight is 383 g/mol. The van der Waals surface area contributed by atoms with Crippen molar-refractivity contribution in [3.05, 3.63) is 50.9 Å². The Morgan fingerprint density at radius 3 is 2.75 bits per heavy atom. The van der Waals surface area contributed by atoms with E-state index in [1.807, 2.05) is 49.0 Å². The van der Waals surface area contributed by atoms with Gasteiger partial charge in [0.2, 0.25) is 0 Å². The summed E-state index contributed by atoms with van der Waals surface area (Å²) < 4.78 is 2.89. The molecule has 1 amide bonds. The Morgan fingerprint density at radius 1 is 1.45 bits per heavy atom. The molecule has 0 fully saturated rings. The van der Waals surface area contributed by atoms with Gasteiger partial charge in [0.25, 0.3) is 5.91 Å². The molecule has 0 aliphatic rings. The highest BCUT2D eigenvalue weighted by molar-refractivity contribution is 14.1. The van der Waals surface area contributed by atoms with Crippen LogP contribution in [0, 0.1) is 10.5 Å². The predicted octanol–water partition coefficient (Wildman–Crippen LogP) is 3.31. The number of aryl methyl sites for hydroxylation is 1. The van der Waals surface area contributed by atoms with Gasteiger partial charge in [-0.1, -0.05) is 12.1 Å². The second kappa shape index (κ2) is 6.39. The van der Waals surface area contributed by atoms with Crippen LogP contribution in [0.25, 0.3) is 0 Å². The van der Waals surface area contributed by atoms with Crippen LogP contribution in [0.2, 0.25) is 0 Å². The fourth-order valence-corrected chi connectivity index (χ4v) is 2.83. The van der Waals surface area contributed by atoms with Gasteiger partial charge in [-0.15, -0.1) is 0 Å². The van der Waals surface area contributed by atoms with E-state index < -0.39 is 0 Å². The van der Waals surface area contributed by atoms with Crippen molar-refractivity contribution in [3.63, 3.8) is 0 Å². The molecule has 4 nitrogen and oxygen atoms in total. The number of halogens is 1. The van der Waals surface area contributed by atoms with E-state index in [2.05, 4.69) is 39.9 Å². The number of benzene rings is 1. The summed E-state index contributed by atoms with van der Waals surface area (Å²) in [7, 11) is 0. The monoisotopic (exact) mass is 383 g/mol. The minimum Gasteiger partial charge on any atom is -0.345 e. The topological polar surface area (TPSA) is 46.9 Å². The molecule has 0 aliphatic heterocycles. The van der Waals surface area contributed by atoms with E-state index in [9.17, 15) is 4.79 Å². The molecule has 0 bridgehead atoms. The van der Waals surface area contributed by atoms with E-state index in [-0.39, 0.29) is 11.9 Å². The molecule has 0 saturated carbocycles. The second-order valence-electron chi connectivity index (χ2n) is 4.68. The van der Waals surface area contributed by atoms with Crippen LogP contribution in [0.3, 0.4) is 0 Å². The van der Waals surface area contributed by atoms with Gasteiger partial charge in [-0.05, 0) is 55.5 Å². The van der Waals surface area contributed by atoms with Gasteiger partial charge >= 0.3 is 0 Å². The van der Waals surface area contributed by atoms with Crippen LogP contribution in [-0.2, 0) is 6.54 Å². The molecule has 0 aliphatic carbocycles. The van der Waals surface area contributed by atoms with Crippen molar-refractivity contribution in [2.45, 2.75) is 33.4 Å². The molecule has 1 unspecified atom stereocenters. The Hall–Kier alpha value is -1.37. The molecular formula is C15H18IN3O. The molecule has 1 atom stereocenters. The summed E-state index contributed by atoms with van der Waals surface area (Å²) in [6.45, 7) is 6.90. The van der Waals surface area contributed by atoms with Crippen LogP contribution >= 0.6 is 22.6 Å². The summed E-state index contributed by atoms with van der Waals surface area (Å²) in [4.78, 5) is 12.3. The van der Waals surface area contributed by atoms with Crippen molar-refractivity contribution in [2.75, 3.05) is 0 Å². The van der Waals surface area contributed by atoms with Crippen molar-refractivity contribution in [1.82, 2.24) is 15.1 Å². The zero-order valence-corrected chi connectivity index (χ0v) is 14.0. The summed E-state index contributed by atoms with van der Waals surface area (Å²) >= 11 is 2.18. The molecule has 0 saturated heterocycles. The molecule has 2 aromatic rings. The average Bonchev–Trinajstić information content (AvgIpc) is 2.80. The molecular weight excluding hydrogens is 365 g/mol. The number of rotatable bonds is 4. The fourth-order valence-electron chi connectivity index (χ4n) is 2.20. The molecule has 0 radical (unpaired) electrons. The number of amides is 1. The zero-order valence-electron chi connectivity index (χ0n) is 11.9. The minimum absolute atomic E-state index is 0.0499. The molecule has 0 spiro atoms. The van der Waals surface area contributed by atoms with Gasteiger partial charge in [0, 0.05) is 21.4 Å². The third-order valence-electron chi connectivity index (χ3n) is 3.37. The Labute approximate surface area is 132 Å². The molecule has 20 heavy (non-hydrogen) atoms. The van der Waals surface area contributed by atoms with Gasteiger partial charge in [0.1, 0.15) is 0 Å². The maximum absolute atomic E-state index is 12.3. The Kier molecular flexibility index (Phi) is 4.80. The Morgan fingerprint density at radius 2 is 2.15 bits per heavy atom. The smallest absolute Gasteiger partial charge is 0.252 e. The summed E-state index contributed by atoms with van der Waals surface area (Å²) in [5.41, 5.74) is 2.87. The predicted molar refractivity (Wildman–Crippen MR) is 87.7 cm³/mol. The molecule has 1 aromatic carbocycles. The molecule has 2 rings (SSSR count). The van der Waals surface area contributed by atoms with E-state index in [4.69, 9.17) is 0 Å². The maximum atomic E-state index is 12.3. The van der Waals surface area contributed by atoms with Crippen LogP contribution in [0.15, 0.2) is 30.5 Å². The van der Waals surface area contributed by atoms with Crippen LogP contribution in [-0.4, -0.2) is 15.7 Å². The summed E-state index contributed by atoms with van der Waals surface area (Å²) in [6.07, 6.45) is 1.83. The second-order valence-corrected chi connectivity index (χ2v) is 5.84. The van der Waals surface area contributed by atoms with E-state index in [0.717, 1.165) is 21.4 Å². The fraction of sp³-hybridized carbons (Fsp3) is 0.333. The van der Waals surface area contributed by atoms with Gasteiger partial charge in [-0.2, -0.15) is 5.10 Å². The zero-order chi connectivity index (χ0) is 14.7. The lowest BCUT2D eigenvalue weighted by Gasteiger charge is -2.14. The highest BCUT2D eigenvalue weighted by atomic mass is 127. The third-order valence-corrected chi connectivity index (χ3v) is 4.31. The van der Waals surface area contributed by atoms with Crippen molar-refractivity contribution in [1.29, 1.82) is 0 Å². The van der Waals surface area contributed by atoms with Gasteiger partial charge < -0.3 is 5.32 Å². The maximum Gasteiger partial charge on any atom is 0.252 e. The van der Waals surface area contributed by atoms with Crippen LogP contribution in [0.4, 0.5) is 0 Å². The lowest BCUT2D eigenvalue weighted by atomic mass is 10.1. The number of nitrogens with zero attached hydrogens (tertiary/aromatic N) is 2. The van der Waals surface area contributed by atoms with Crippen LogP contribution < -0.4 is 5.32 Å². The van der Waals surface area contributed by atoms with Crippen molar-refractivity contribution >= 4 is 28.5 Å². The molecule has 5 heteroatoms. The summed E-state index contributed by atoms with van der Waals surface area (Å²) in [5.74, 6) is -0.0499. The normalized spacial score (nSPS) is 12.2. The standard InChI is InChI=1S/C15H18IN3O/c1-4-19-11(3)13(9-17-19)10(2)18-15(20)12-7-5-6-8-14(12)16/h5-10H,4H2,1-3H3,(H,18,20). The Bertz CT molecular complexity index is 621. The highest BCUT2D eigenvalue weighted by Crippen LogP contribution is 2.18. The first-order valence-corrected chi connectivity index (χ1v) is 7.70. The van der Waals surface area contributed by atoms with Crippen molar-refractivity contribution < 1.29 is 4.79 Å². The Balaban J connectivity index is 2.15. The van der Waals surface area contributed by atoms with E-state index in [1.54, 1.807) is 0 Å². The summed E-state index contributed by atoms with van der Waals surface area (Å²) in [6, 6.07) is 7.52. The van der Waals surface area contributed by atoms with Crippen molar-refractivity contribution in [3.8, 4) is 0 Å². The lowest BCUT2D eigenvalue weighted by Crippen LogP contribution is -2.27. The first kappa shape index (κ1) is 15.0. The summed E-state index contributed by atoms with van der Waals surface area (Å²) in [5, 5.41) is 7.35. The SMILES string of the molecule is CCn1ncc(C(C)NC(=O)c2ccccc2I)c1C. The molecule has 1 N–H and O–H groups in total. The van der Waals surface area contributed by atoms with Gasteiger partial charge in [0.15, 0.2) is 0 Å². The van der Waals surface area contributed by atoms with Gasteiger partial charge in [-0.25, -0.2) is 0 Å². The van der Waals surface area contributed by atoms with Gasteiger partial charge in [-0.3, -0.25) is 9.48 Å². The van der Waals surface area contributed by atoms with Crippen molar-refractivity contribution in [2.24, 2.45) is 0 Å². The number of hydrogen-bond donors (Lipinski definition) is 1. The number of nitrogens with one attached hydrogen (secondary N) is 1. The molecule has 106 valence electrons. The first-order valence-electron chi connectivity index (χ1n) is 6.62. The largest absolute Gasteiger partial charge is 0.345 e. The third kappa shape index (κ3) is 3.03. The number of aromatic nitrogens is 2. The highest BCUT2D eigenvalue weighted by Gasteiger charge is 2.17. The first-order chi connectivity index (χ1) is 9.54.